The van der Waals surface area contributed by atoms with Gasteiger partial charge in [0.15, 0.2) is 0 Å². The summed E-state index contributed by atoms with van der Waals surface area (Å²) in [5.41, 5.74) is 0.0446. The first-order valence-corrected chi connectivity index (χ1v) is 6.62. The third-order valence-corrected chi connectivity index (χ3v) is 3.60. The molecule has 0 aromatic heterocycles. The van der Waals surface area contributed by atoms with Gasteiger partial charge in [0.05, 0.1) is 13.0 Å². The molecule has 1 aliphatic rings. The van der Waals surface area contributed by atoms with Gasteiger partial charge in [0.2, 0.25) is 0 Å². The number of ether oxygens (including phenoxy) is 1. The zero-order valence-electron chi connectivity index (χ0n) is 11.0. The Balaban J connectivity index is 2.26. The molecule has 4 nitrogen and oxygen atoms in total. The fourth-order valence-corrected chi connectivity index (χ4v) is 2.45. The van der Waals surface area contributed by atoms with Gasteiger partial charge in [-0.15, -0.1) is 0 Å². The topological polar surface area (TPSA) is 58.6 Å². The zero-order chi connectivity index (χ0) is 12.7. The van der Waals surface area contributed by atoms with E-state index in [1.165, 1.54) is 12.8 Å². The Labute approximate surface area is 104 Å². The highest BCUT2D eigenvalue weighted by Crippen LogP contribution is 2.36. The molecule has 0 heterocycles. The van der Waals surface area contributed by atoms with Crippen LogP contribution in [0.25, 0.3) is 0 Å². The molecule has 0 amide bonds. The number of hydrogen-bond donors (Lipinski definition) is 2. The van der Waals surface area contributed by atoms with E-state index in [0.29, 0.717) is 13.0 Å². The largest absolute Gasteiger partial charge is 0.466 e. The van der Waals surface area contributed by atoms with Crippen LogP contribution in [-0.4, -0.2) is 36.9 Å². The van der Waals surface area contributed by atoms with E-state index in [1.54, 1.807) is 0 Å². The fraction of sp³-hybridized carbons (Fsp3) is 0.923. The third kappa shape index (κ3) is 4.64. The first kappa shape index (κ1) is 14.5. The van der Waals surface area contributed by atoms with Gasteiger partial charge < -0.3 is 15.2 Å². The molecule has 1 saturated carbocycles. The van der Waals surface area contributed by atoms with Crippen LogP contribution in [0.2, 0.25) is 0 Å². The van der Waals surface area contributed by atoms with Crippen molar-refractivity contribution in [3.8, 4) is 0 Å². The van der Waals surface area contributed by atoms with Crippen molar-refractivity contribution in [2.24, 2.45) is 5.41 Å². The number of carbonyl (C=O) groups excluding carboxylic acids is 1. The Morgan fingerprint density at radius 2 is 2.12 bits per heavy atom. The Morgan fingerprint density at radius 1 is 1.47 bits per heavy atom. The van der Waals surface area contributed by atoms with Crippen LogP contribution in [0.15, 0.2) is 0 Å². The van der Waals surface area contributed by atoms with Crippen molar-refractivity contribution in [2.75, 3.05) is 19.8 Å². The molecule has 17 heavy (non-hydrogen) atoms. The lowest BCUT2D eigenvalue weighted by atomic mass is 9.87. The molecule has 1 fully saturated rings. The van der Waals surface area contributed by atoms with Gasteiger partial charge >= 0.3 is 5.97 Å². The molecule has 1 aliphatic carbocycles. The van der Waals surface area contributed by atoms with Crippen LogP contribution in [-0.2, 0) is 9.53 Å². The van der Waals surface area contributed by atoms with E-state index in [0.717, 1.165) is 19.4 Å². The molecular weight excluding hydrogens is 218 g/mol. The molecule has 100 valence electrons. The molecular formula is C13H25NO3. The van der Waals surface area contributed by atoms with Gasteiger partial charge in [-0.25, -0.2) is 0 Å². The zero-order valence-corrected chi connectivity index (χ0v) is 11.0. The number of carbonyl (C=O) groups is 1. The number of hydrogen-bond acceptors (Lipinski definition) is 4. The van der Waals surface area contributed by atoms with Crippen LogP contribution in [0.3, 0.4) is 0 Å². The molecule has 2 N–H and O–H groups in total. The van der Waals surface area contributed by atoms with E-state index in [9.17, 15) is 9.90 Å². The third-order valence-electron chi connectivity index (χ3n) is 3.60. The summed E-state index contributed by atoms with van der Waals surface area (Å²) in [5.74, 6) is -0.156. The maximum atomic E-state index is 11.3. The van der Waals surface area contributed by atoms with Crippen molar-refractivity contribution in [1.82, 2.24) is 5.32 Å². The highest BCUT2D eigenvalue weighted by molar-refractivity contribution is 5.69. The smallest absolute Gasteiger partial charge is 0.307 e. The van der Waals surface area contributed by atoms with Gasteiger partial charge in [-0.2, -0.15) is 0 Å². The lowest BCUT2D eigenvalue weighted by Gasteiger charge is -2.28. The van der Waals surface area contributed by atoms with Crippen LogP contribution < -0.4 is 5.32 Å². The van der Waals surface area contributed by atoms with Gasteiger partial charge in [-0.1, -0.05) is 12.8 Å². The molecule has 0 radical (unpaired) electrons. The van der Waals surface area contributed by atoms with Crippen molar-refractivity contribution in [1.29, 1.82) is 0 Å². The Bertz CT molecular complexity index is 237. The number of aliphatic hydroxyl groups is 1. The first-order chi connectivity index (χ1) is 8.12. The van der Waals surface area contributed by atoms with Gasteiger partial charge in [-0.05, 0) is 26.7 Å². The summed E-state index contributed by atoms with van der Waals surface area (Å²) >= 11 is 0. The molecule has 0 bridgehead atoms. The normalized spacial score (nSPS) is 20.2. The van der Waals surface area contributed by atoms with Gasteiger partial charge in [0.1, 0.15) is 0 Å². The Hall–Kier alpha value is -0.610. The summed E-state index contributed by atoms with van der Waals surface area (Å²) in [4.78, 5) is 11.3. The van der Waals surface area contributed by atoms with Crippen molar-refractivity contribution in [2.45, 2.75) is 52.0 Å². The van der Waals surface area contributed by atoms with Gasteiger partial charge in [0.25, 0.3) is 0 Å². The predicted molar refractivity (Wildman–Crippen MR) is 66.7 cm³/mol. The Kier molecular flexibility index (Phi) is 5.92. The van der Waals surface area contributed by atoms with Crippen LogP contribution in [0.5, 0.6) is 0 Å². The number of rotatable bonds is 7. The van der Waals surface area contributed by atoms with E-state index in [2.05, 4.69) is 5.32 Å². The van der Waals surface area contributed by atoms with Crippen molar-refractivity contribution < 1.29 is 14.6 Å². The maximum Gasteiger partial charge on any atom is 0.307 e. The van der Waals surface area contributed by atoms with Crippen molar-refractivity contribution in [3.05, 3.63) is 0 Å². The number of aliphatic hydroxyl groups excluding tert-OH is 1. The summed E-state index contributed by atoms with van der Waals surface area (Å²) in [6, 6.07) is 0.109. The van der Waals surface area contributed by atoms with Crippen LogP contribution in [0.1, 0.15) is 46.0 Å². The minimum Gasteiger partial charge on any atom is -0.466 e. The number of esters is 1. The monoisotopic (exact) mass is 243 g/mol. The molecule has 1 atom stereocenters. The molecule has 0 saturated heterocycles. The minimum atomic E-state index is -0.156. The minimum absolute atomic E-state index is 0.0446. The second-order valence-electron chi connectivity index (χ2n) is 5.16. The molecule has 0 aromatic carbocycles. The highest BCUT2D eigenvalue weighted by atomic mass is 16.5. The predicted octanol–water partition coefficient (Wildman–Crippen LogP) is 1.47. The molecule has 0 aromatic rings. The van der Waals surface area contributed by atoms with Gasteiger partial charge in [-0.3, -0.25) is 4.79 Å². The molecule has 1 unspecified atom stereocenters. The summed E-state index contributed by atoms with van der Waals surface area (Å²) in [7, 11) is 0. The SMILES string of the molecule is CCOC(=O)CC(C)NCC1(CO)CCCC1. The average Bonchev–Trinajstić information content (AvgIpc) is 2.76. The number of nitrogens with one attached hydrogen (secondary N) is 1. The molecule has 4 heteroatoms. The summed E-state index contributed by atoms with van der Waals surface area (Å²) < 4.78 is 4.91. The van der Waals surface area contributed by atoms with E-state index in [1.807, 2.05) is 13.8 Å². The fourth-order valence-electron chi connectivity index (χ4n) is 2.45. The van der Waals surface area contributed by atoms with E-state index >= 15 is 0 Å². The van der Waals surface area contributed by atoms with E-state index in [4.69, 9.17) is 4.74 Å². The van der Waals surface area contributed by atoms with E-state index in [-0.39, 0.29) is 24.0 Å². The highest BCUT2D eigenvalue weighted by Gasteiger charge is 2.33. The average molecular weight is 243 g/mol. The second kappa shape index (κ2) is 6.97. The standard InChI is InChI=1S/C13H25NO3/c1-3-17-12(16)8-11(2)14-9-13(10-15)6-4-5-7-13/h11,14-15H,3-10H2,1-2H3. The molecule has 0 spiro atoms. The van der Waals surface area contributed by atoms with Crippen molar-refractivity contribution in [3.63, 3.8) is 0 Å². The second-order valence-corrected chi connectivity index (χ2v) is 5.16. The van der Waals surface area contributed by atoms with Gasteiger partial charge in [0, 0.05) is 24.6 Å². The Morgan fingerprint density at radius 3 is 2.65 bits per heavy atom. The summed E-state index contributed by atoms with van der Waals surface area (Å²) in [6.45, 7) is 5.27. The first-order valence-electron chi connectivity index (χ1n) is 6.62. The van der Waals surface area contributed by atoms with Crippen LogP contribution in [0.4, 0.5) is 0 Å². The molecule has 0 aliphatic heterocycles. The van der Waals surface area contributed by atoms with Crippen LogP contribution in [0, 0.1) is 5.41 Å². The quantitative estimate of drug-likeness (QED) is 0.665. The lowest BCUT2D eigenvalue weighted by molar-refractivity contribution is -0.143. The summed E-state index contributed by atoms with van der Waals surface area (Å²) in [6.07, 6.45) is 4.98. The van der Waals surface area contributed by atoms with Crippen LogP contribution >= 0.6 is 0 Å². The maximum absolute atomic E-state index is 11.3. The van der Waals surface area contributed by atoms with E-state index < -0.39 is 0 Å². The lowest BCUT2D eigenvalue weighted by Crippen LogP contribution is -2.40. The molecule has 1 rings (SSSR count). The van der Waals surface area contributed by atoms with Crippen molar-refractivity contribution >= 4 is 5.97 Å². The summed E-state index contributed by atoms with van der Waals surface area (Å²) in [5, 5.41) is 12.8.